The maximum Gasteiger partial charge on any atom is 0.212 e. The molecule has 2 rings (SSSR count). The average molecular weight is 305 g/mol. The Morgan fingerprint density at radius 2 is 1.95 bits per heavy atom. The summed E-state index contributed by atoms with van der Waals surface area (Å²) in [6, 6.07) is 5.72. The molecule has 0 saturated carbocycles. The van der Waals surface area contributed by atoms with Gasteiger partial charge in [0.15, 0.2) is 5.16 Å². The van der Waals surface area contributed by atoms with Gasteiger partial charge in [0, 0.05) is 31.4 Å². The van der Waals surface area contributed by atoms with Crippen LogP contribution in [-0.2, 0) is 6.54 Å². The Kier molecular flexibility index (Phi) is 5.62. The molecule has 0 aromatic carbocycles. The van der Waals surface area contributed by atoms with E-state index in [2.05, 4.69) is 25.6 Å². The van der Waals surface area contributed by atoms with Crippen LogP contribution in [-0.4, -0.2) is 34.9 Å². The Labute approximate surface area is 128 Å². The van der Waals surface area contributed by atoms with Crippen molar-refractivity contribution in [2.75, 3.05) is 30.5 Å². The third kappa shape index (κ3) is 4.49. The van der Waals surface area contributed by atoms with Gasteiger partial charge in [-0.2, -0.15) is 0 Å². The van der Waals surface area contributed by atoms with Crippen molar-refractivity contribution >= 4 is 23.4 Å². The zero-order chi connectivity index (χ0) is 15.1. The lowest BCUT2D eigenvalue weighted by molar-refractivity contribution is 0.397. The van der Waals surface area contributed by atoms with Crippen molar-refractivity contribution in [3.8, 4) is 5.88 Å². The Bertz CT molecular complexity index is 576. The second-order valence-electron chi connectivity index (χ2n) is 4.22. The lowest BCUT2D eigenvalue weighted by Crippen LogP contribution is -2.06. The zero-order valence-corrected chi connectivity index (χ0v) is 13.2. The van der Waals surface area contributed by atoms with Crippen LogP contribution < -0.4 is 15.4 Å². The van der Waals surface area contributed by atoms with Crippen molar-refractivity contribution in [2.24, 2.45) is 0 Å². The van der Waals surface area contributed by atoms with E-state index in [1.165, 1.54) is 11.8 Å². The number of anilines is 2. The summed E-state index contributed by atoms with van der Waals surface area (Å²) in [7, 11) is 1.60. The molecular weight excluding hydrogens is 286 g/mol. The monoisotopic (exact) mass is 305 g/mol. The quantitative estimate of drug-likeness (QED) is 0.602. The molecule has 0 radical (unpaired) electrons. The third-order valence-electron chi connectivity index (χ3n) is 2.73. The fourth-order valence-electron chi connectivity index (χ4n) is 1.71. The van der Waals surface area contributed by atoms with Crippen LogP contribution in [0.25, 0.3) is 0 Å². The number of aromatic nitrogens is 3. The molecule has 0 aliphatic heterocycles. The van der Waals surface area contributed by atoms with E-state index in [1.54, 1.807) is 13.3 Å². The van der Waals surface area contributed by atoms with E-state index in [0.717, 1.165) is 28.9 Å². The van der Waals surface area contributed by atoms with Crippen LogP contribution in [0.4, 0.5) is 11.6 Å². The molecule has 0 atom stereocenters. The van der Waals surface area contributed by atoms with E-state index < -0.39 is 0 Å². The van der Waals surface area contributed by atoms with Gasteiger partial charge < -0.3 is 15.4 Å². The van der Waals surface area contributed by atoms with E-state index in [0.29, 0.717) is 12.4 Å². The Morgan fingerprint density at radius 1 is 1.19 bits per heavy atom. The summed E-state index contributed by atoms with van der Waals surface area (Å²) in [5.41, 5.74) is 1.06. The normalized spacial score (nSPS) is 10.2. The summed E-state index contributed by atoms with van der Waals surface area (Å²) >= 11 is 1.52. The van der Waals surface area contributed by atoms with Crippen molar-refractivity contribution in [1.29, 1.82) is 0 Å². The number of thioether (sulfide) groups is 1. The number of nitrogens with one attached hydrogen (secondary N) is 2. The molecule has 2 aromatic heterocycles. The molecular formula is C14H19N5OS. The number of nitrogens with zero attached hydrogens (tertiary/aromatic N) is 3. The fraction of sp³-hybridized carbons (Fsp3) is 0.357. The van der Waals surface area contributed by atoms with Crippen molar-refractivity contribution in [3.63, 3.8) is 0 Å². The first-order valence-corrected chi connectivity index (χ1v) is 7.87. The Balaban J connectivity index is 2.05. The van der Waals surface area contributed by atoms with Gasteiger partial charge in [-0.05, 0) is 18.7 Å². The number of rotatable bonds is 7. The number of hydrogen-bond acceptors (Lipinski definition) is 7. The highest BCUT2D eigenvalue weighted by Crippen LogP contribution is 2.18. The first-order valence-electron chi connectivity index (χ1n) is 6.65. The minimum atomic E-state index is 0.611. The second kappa shape index (κ2) is 7.68. The summed E-state index contributed by atoms with van der Waals surface area (Å²) in [5, 5.41) is 7.23. The first kappa shape index (κ1) is 15.4. The van der Waals surface area contributed by atoms with E-state index in [1.807, 2.05) is 31.4 Å². The van der Waals surface area contributed by atoms with Gasteiger partial charge in [-0.15, -0.1) is 0 Å². The Morgan fingerprint density at radius 3 is 2.52 bits per heavy atom. The largest absolute Gasteiger partial charge is 0.481 e. The molecule has 0 unspecified atom stereocenters. The molecule has 7 heteroatoms. The van der Waals surface area contributed by atoms with Crippen LogP contribution in [0.1, 0.15) is 12.5 Å². The van der Waals surface area contributed by atoms with Gasteiger partial charge in [-0.1, -0.05) is 17.8 Å². The van der Waals surface area contributed by atoms with Crippen LogP contribution in [0.5, 0.6) is 5.88 Å². The number of methoxy groups -OCH3 is 1. The van der Waals surface area contributed by atoms with Crippen LogP contribution in [0.3, 0.4) is 0 Å². The molecule has 0 spiro atoms. The molecule has 21 heavy (non-hydrogen) atoms. The van der Waals surface area contributed by atoms with Gasteiger partial charge in [0.2, 0.25) is 5.88 Å². The summed E-state index contributed by atoms with van der Waals surface area (Å²) in [6.45, 7) is 3.51. The minimum Gasteiger partial charge on any atom is -0.481 e. The molecule has 6 nitrogen and oxygen atoms in total. The molecule has 2 aromatic rings. The highest BCUT2D eigenvalue weighted by atomic mass is 32.2. The summed E-state index contributed by atoms with van der Waals surface area (Å²) in [4.78, 5) is 13.0. The van der Waals surface area contributed by atoms with Gasteiger partial charge in [0.25, 0.3) is 0 Å². The van der Waals surface area contributed by atoms with E-state index in [-0.39, 0.29) is 0 Å². The van der Waals surface area contributed by atoms with E-state index in [9.17, 15) is 0 Å². The maximum absolute atomic E-state index is 5.04. The second-order valence-corrected chi connectivity index (χ2v) is 4.99. The SMILES string of the molecule is CCNc1cc(NCc2ccc(OC)nc2)nc(SC)n1. The van der Waals surface area contributed by atoms with Crippen LogP contribution >= 0.6 is 11.8 Å². The summed E-state index contributed by atoms with van der Waals surface area (Å²) in [5.74, 6) is 2.23. The number of hydrogen-bond donors (Lipinski definition) is 2. The lowest BCUT2D eigenvalue weighted by atomic mass is 10.3. The third-order valence-corrected chi connectivity index (χ3v) is 3.27. The summed E-state index contributed by atoms with van der Waals surface area (Å²) < 4.78 is 5.04. The van der Waals surface area contributed by atoms with Gasteiger partial charge in [0.05, 0.1) is 7.11 Å². The highest BCUT2D eigenvalue weighted by molar-refractivity contribution is 7.98. The van der Waals surface area contributed by atoms with Crippen molar-refractivity contribution in [3.05, 3.63) is 30.0 Å². The molecule has 112 valence electrons. The molecule has 0 saturated heterocycles. The topological polar surface area (TPSA) is 72.0 Å². The highest BCUT2D eigenvalue weighted by Gasteiger charge is 2.04. The lowest BCUT2D eigenvalue weighted by Gasteiger charge is -2.10. The number of ether oxygens (including phenoxy) is 1. The fourth-order valence-corrected chi connectivity index (χ4v) is 2.09. The predicted octanol–water partition coefficient (Wildman–Crippen LogP) is 2.65. The van der Waals surface area contributed by atoms with Gasteiger partial charge >= 0.3 is 0 Å². The van der Waals surface area contributed by atoms with Crippen molar-refractivity contribution in [1.82, 2.24) is 15.0 Å². The van der Waals surface area contributed by atoms with Crippen molar-refractivity contribution in [2.45, 2.75) is 18.6 Å². The molecule has 0 amide bonds. The number of pyridine rings is 1. The Hall–Kier alpha value is -2.02. The smallest absolute Gasteiger partial charge is 0.212 e. The molecule has 0 bridgehead atoms. The average Bonchev–Trinajstić information content (AvgIpc) is 2.53. The zero-order valence-electron chi connectivity index (χ0n) is 12.4. The molecule has 2 N–H and O–H groups in total. The van der Waals surface area contributed by atoms with Gasteiger partial charge in [0.1, 0.15) is 11.6 Å². The van der Waals surface area contributed by atoms with Crippen LogP contribution in [0, 0.1) is 0 Å². The van der Waals surface area contributed by atoms with E-state index in [4.69, 9.17) is 4.74 Å². The van der Waals surface area contributed by atoms with Crippen LogP contribution in [0.15, 0.2) is 29.6 Å². The molecule has 0 aliphatic carbocycles. The standard InChI is InChI=1S/C14H19N5OS/c1-4-15-11-7-12(19-14(18-11)21-3)16-8-10-5-6-13(20-2)17-9-10/h5-7,9H,4,8H2,1-3H3,(H2,15,16,18,19). The minimum absolute atomic E-state index is 0.611. The van der Waals surface area contributed by atoms with Crippen molar-refractivity contribution < 1.29 is 4.74 Å². The maximum atomic E-state index is 5.04. The summed E-state index contributed by atoms with van der Waals surface area (Å²) in [6.07, 6.45) is 3.75. The molecule has 0 fully saturated rings. The predicted molar refractivity (Wildman–Crippen MR) is 86.1 cm³/mol. The molecule has 0 aliphatic rings. The molecule has 2 heterocycles. The van der Waals surface area contributed by atoms with Gasteiger partial charge in [-0.25, -0.2) is 15.0 Å². The van der Waals surface area contributed by atoms with E-state index >= 15 is 0 Å². The first-order chi connectivity index (χ1) is 10.2. The van der Waals surface area contributed by atoms with Gasteiger partial charge in [-0.3, -0.25) is 0 Å². The van der Waals surface area contributed by atoms with Crippen LogP contribution in [0.2, 0.25) is 0 Å².